The molecule has 0 unspecified atom stereocenters. The molecular formula is C4F12O3P2. The lowest BCUT2D eigenvalue weighted by Crippen LogP contribution is -2.29. The molecule has 21 heavy (non-hydrogen) atoms. The average molecular weight is 386 g/mol. The van der Waals surface area contributed by atoms with Crippen molar-refractivity contribution >= 4 is 14.7 Å². The van der Waals surface area contributed by atoms with Crippen LogP contribution in [0.4, 0.5) is 52.7 Å². The van der Waals surface area contributed by atoms with E-state index in [1.165, 1.54) is 0 Å². The molecule has 0 N–H and O–H groups in total. The summed E-state index contributed by atoms with van der Waals surface area (Å²) in [6.07, 6.45) is 0. The van der Waals surface area contributed by atoms with Crippen molar-refractivity contribution in [3.05, 3.63) is 0 Å². The van der Waals surface area contributed by atoms with Gasteiger partial charge in [-0.2, -0.15) is 52.7 Å². The molecule has 0 aliphatic carbocycles. The van der Waals surface area contributed by atoms with Crippen LogP contribution in [0, 0.1) is 0 Å². The fraction of sp³-hybridized carbons (Fsp3) is 1.00. The van der Waals surface area contributed by atoms with Crippen molar-refractivity contribution < 1.29 is 66.1 Å². The standard InChI is InChI=1S/C4F12O3P2/c5-1(6,7)20(17,2(8,9)10)19-21(18,3(11,12)13)4(14,15)16. The van der Waals surface area contributed by atoms with E-state index in [0.717, 1.165) is 0 Å². The van der Waals surface area contributed by atoms with Crippen LogP contribution in [0.5, 0.6) is 0 Å². The second-order valence-electron chi connectivity index (χ2n) is 3.06. The monoisotopic (exact) mass is 386 g/mol. The SMILES string of the molecule is O=P(OP(=O)(C(F)(F)F)C(F)(F)F)(C(F)(F)F)C(F)(F)F. The highest BCUT2D eigenvalue weighted by Crippen LogP contribution is 2.85. The maximum Gasteiger partial charge on any atom is 0.475 e. The summed E-state index contributed by atoms with van der Waals surface area (Å²) in [5.74, 6) is -28.7. The summed E-state index contributed by atoms with van der Waals surface area (Å²) in [4.78, 5) is 0. The number of alkyl halides is 12. The molecule has 0 atom stereocenters. The van der Waals surface area contributed by atoms with E-state index in [9.17, 15) is 61.8 Å². The summed E-state index contributed by atoms with van der Waals surface area (Å²) in [5, 5.41) is 0. The van der Waals surface area contributed by atoms with Gasteiger partial charge in [-0.05, 0) is 0 Å². The number of rotatable bonds is 2. The van der Waals surface area contributed by atoms with Crippen LogP contribution < -0.4 is 0 Å². The fourth-order valence-electron chi connectivity index (χ4n) is 0.635. The quantitative estimate of drug-likeness (QED) is 0.456. The molecule has 0 aliphatic rings. The van der Waals surface area contributed by atoms with Crippen LogP contribution in [0.3, 0.4) is 0 Å². The molecule has 0 bridgehead atoms. The van der Waals surface area contributed by atoms with Gasteiger partial charge in [-0.15, -0.1) is 0 Å². The number of hydrogen-bond acceptors (Lipinski definition) is 3. The zero-order valence-corrected chi connectivity index (χ0v) is 10.4. The van der Waals surface area contributed by atoms with Gasteiger partial charge in [0.2, 0.25) is 0 Å². The molecule has 0 aromatic rings. The third-order valence-corrected chi connectivity index (χ3v) is 6.08. The first-order valence-electron chi connectivity index (χ1n) is 3.89. The molecule has 0 radical (unpaired) electrons. The summed E-state index contributed by atoms with van der Waals surface area (Å²) in [7, 11) is -17.2. The predicted octanol–water partition coefficient (Wildman–Crippen LogP) is 5.64. The molecule has 0 saturated carbocycles. The van der Waals surface area contributed by atoms with E-state index in [-0.39, 0.29) is 0 Å². The Morgan fingerprint density at radius 2 is 0.619 bits per heavy atom. The third kappa shape index (κ3) is 3.50. The van der Waals surface area contributed by atoms with Crippen LogP contribution in [0.15, 0.2) is 0 Å². The minimum Gasteiger partial charge on any atom is -0.273 e. The van der Waals surface area contributed by atoms with Gasteiger partial charge in [0.25, 0.3) is 0 Å². The molecule has 0 amide bonds. The van der Waals surface area contributed by atoms with Gasteiger partial charge in [-0.25, -0.2) is 4.31 Å². The summed E-state index contributed by atoms with van der Waals surface area (Å²) in [6.45, 7) is 0. The minimum absolute atomic E-state index is 1.69. The highest BCUT2D eigenvalue weighted by Gasteiger charge is 2.80. The number of halogens is 12. The van der Waals surface area contributed by atoms with Crippen molar-refractivity contribution in [2.45, 2.75) is 23.7 Å². The van der Waals surface area contributed by atoms with Gasteiger partial charge >= 0.3 is 38.4 Å². The van der Waals surface area contributed by atoms with Crippen molar-refractivity contribution in [1.29, 1.82) is 0 Å². The first-order chi connectivity index (χ1) is 8.71. The van der Waals surface area contributed by atoms with Crippen molar-refractivity contribution in [3.63, 3.8) is 0 Å². The van der Waals surface area contributed by atoms with E-state index in [2.05, 4.69) is 0 Å². The third-order valence-electron chi connectivity index (χ3n) is 1.57. The summed E-state index contributed by atoms with van der Waals surface area (Å²) < 4.78 is 166. The van der Waals surface area contributed by atoms with Crippen molar-refractivity contribution in [3.8, 4) is 0 Å². The van der Waals surface area contributed by atoms with Gasteiger partial charge in [0.15, 0.2) is 0 Å². The lowest BCUT2D eigenvalue weighted by molar-refractivity contribution is -0.121. The average Bonchev–Trinajstić information content (AvgIpc) is 2.09. The van der Waals surface area contributed by atoms with Gasteiger partial charge in [0, 0.05) is 0 Å². The zero-order valence-electron chi connectivity index (χ0n) is 8.65. The van der Waals surface area contributed by atoms with Crippen molar-refractivity contribution in [2.24, 2.45) is 0 Å². The Hall–Kier alpha value is -0.420. The Morgan fingerprint density at radius 1 is 0.476 bits per heavy atom. The van der Waals surface area contributed by atoms with E-state index in [0.29, 0.717) is 0 Å². The summed E-state index contributed by atoms with van der Waals surface area (Å²) in [6, 6.07) is 0. The number of hydrogen-bond donors (Lipinski definition) is 0. The van der Waals surface area contributed by atoms with E-state index in [1.807, 2.05) is 0 Å². The topological polar surface area (TPSA) is 43.4 Å². The molecule has 128 valence electrons. The second-order valence-corrected chi connectivity index (χ2v) is 7.94. The highest BCUT2D eigenvalue weighted by atomic mass is 31.2. The van der Waals surface area contributed by atoms with Crippen LogP contribution >= 0.6 is 14.7 Å². The van der Waals surface area contributed by atoms with Crippen LogP contribution in [-0.4, -0.2) is 23.7 Å². The highest BCUT2D eigenvalue weighted by molar-refractivity contribution is 7.74. The molecule has 0 heterocycles. The molecule has 3 nitrogen and oxygen atoms in total. The molecule has 17 heteroatoms. The Morgan fingerprint density at radius 3 is 0.714 bits per heavy atom. The van der Waals surface area contributed by atoms with Crippen molar-refractivity contribution in [2.75, 3.05) is 0 Å². The van der Waals surface area contributed by atoms with Crippen molar-refractivity contribution in [1.82, 2.24) is 0 Å². The molecule has 0 aliphatic heterocycles. The van der Waals surface area contributed by atoms with Gasteiger partial charge in [0.1, 0.15) is 0 Å². The Labute approximate surface area is 106 Å². The Balaban J connectivity index is 6.31. The second kappa shape index (κ2) is 5.05. The van der Waals surface area contributed by atoms with E-state index >= 15 is 0 Å². The molecule has 0 fully saturated rings. The molecular weight excluding hydrogens is 386 g/mol. The zero-order chi connectivity index (χ0) is 17.7. The maximum atomic E-state index is 11.9. The summed E-state index contributed by atoms with van der Waals surface area (Å²) >= 11 is 0. The molecule has 0 rings (SSSR count). The normalized spacial score (nSPS) is 16.2. The Bertz CT molecular complexity index is 399. The molecule has 0 saturated heterocycles. The molecule has 0 aromatic heterocycles. The van der Waals surface area contributed by atoms with Gasteiger partial charge < -0.3 is 0 Å². The van der Waals surface area contributed by atoms with Gasteiger partial charge in [-0.1, -0.05) is 0 Å². The lowest BCUT2D eigenvalue weighted by atomic mass is 11.5. The van der Waals surface area contributed by atoms with Crippen LogP contribution in [0.25, 0.3) is 0 Å². The largest absolute Gasteiger partial charge is 0.475 e. The summed E-state index contributed by atoms with van der Waals surface area (Å²) in [5.41, 5.74) is 0. The molecule has 0 aromatic carbocycles. The first-order valence-corrected chi connectivity index (χ1v) is 7.14. The van der Waals surface area contributed by atoms with E-state index in [1.54, 1.807) is 4.31 Å². The minimum atomic E-state index is -8.60. The predicted molar refractivity (Wildman–Crippen MR) is 40.5 cm³/mol. The van der Waals surface area contributed by atoms with Gasteiger partial charge in [0.05, 0.1) is 0 Å². The van der Waals surface area contributed by atoms with E-state index < -0.39 is 38.4 Å². The van der Waals surface area contributed by atoms with Crippen LogP contribution in [0.2, 0.25) is 0 Å². The van der Waals surface area contributed by atoms with E-state index in [4.69, 9.17) is 0 Å². The first kappa shape index (κ1) is 20.6. The molecule has 0 spiro atoms. The maximum absolute atomic E-state index is 11.9. The smallest absolute Gasteiger partial charge is 0.273 e. The Kier molecular flexibility index (Phi) is 4.95. The lowest BCUT2D eigenvalue weighted by Gasteiger charge is -2.29. The van der Waals surface area contributed by atoms with Crippen LogP contribution in [0.1, 0.15) is 0 Å². The fourth-order valence-corrected chi connectivity index (χ4v) is 3.99. The van der Waals surface area contributed by atoms with Crippen LogP contribution in [-0.2, 0) is 13.4 Å². The van der Waals surface area contributed by atoms with Gasteiger partial charge in [-0.3, -0.25) is 9.13 Å².